The summed E-state index contributed by atoms with van der Waals surface area (Å²) in [4.78, 5) is 4.71. The maximum atomic E-state index is 2.36. The Morgan fingerprint density at radius 2 is 0.410 bits per heavy atom. The second-order valence-corrected chi connectivity index (χ2v) is 25.3. The van der Waals surface area contributed by atoms with Crippen LogP contribution in [-0.2, 0) is 0 Å². The second-order valence-electron chi connectivity index (χ2n) is 25.3. The topological polar surface area (TPSA) is 6.48 Å². The van der Waals surface area contributed by atoms with Gasteiger partial charge in [0.05, 0.1) is 0 Å². The number of nitrogens with zero attached hydrogens (tertiary/aromatic N) is 2. The second kappa shape index (κ2) is 32.4. The normalized spacial score (nSPS) is 11.6. The summed E-state index contributed by atoms with van der Waals surface area (Å²) in [6, 6.07) is 117. The van der Waals surface area contributed by atoms with Gasteiger partial charge in [-0.15, -0.1) is 0 Å². The molecule has 482 valence electrons. The number of aryl methyl sites for hydroxylation is 4. The predicted octanol–water partition coefficient (Wildman–Crippen LogP) is 26.8. The fourth-order valence-electron chi connectivity index (χ4n) is 12.5. The average Bonchev–Trinajstić information content (AvgIpc) is 0.802. The Morgan fingerprint density at radius 1 is 0.210 bits per heavy atom. The van der Waals surface area contributed by atoms with Crippen molar-refractivity contribution >= 4 is 106 Å². The first-order valence-corrected chi connectivity index (χ1v) is 34.3. The molecule has 13 rings (SSSR count). The summed E-state index contributed by atoms with van der Waals surface area (Å²) in [6.07, 6.45) is 30.5. The molecule has 0 aliphatic heterocycles. The highest BCUT2D eigenvalue weighted by molar-refractivity contribution is 5.86. The van der Waals surface area contributed by atoms with Crippen molar-refractivity contribution in [2.45, 2.75) is 27.7 Å². The van der Waals surface area contributed by atoms with Crippen LogP contribution >= 0.6 is 0 Å². The van der Waals surface area contributed by atoms with Gasteiger partial charge in [0.25, 0.3) is 0 Å². The molecule has 0 bridgehead atoms. The molecule has 0 fully saturated rings. The molecule has 100 heavy (non-hydrogen) atoms. The van der Waals surface area contributed by atoms with Gasteiger partial charge in [0.1, 0.15) is 0 Å². The van der Waals surface area contributed by atoms with Gasteiger partial charge in [-0.25, -0.2) is 0 Å². The van der Waals surface area contributed by atoms with Crippen LogP contribution in [0.15, 0.2) is 352 Å². The highest BCUT2D eigenvalue weighted by atomic mass is 15.1. The maximum absolute atomic E-state index is 2.36. The van der Waals surface area contributed by atoms with Gasteiger partial charge in [-0.1, -0.05) is 363 Å². The van der Waals surface area contributed by atoms with E-state index in [0.29, 0.717) is 0 Å². The minimum absolute atomic E-state index is 1.10. The third-order valence-corrected chi connectivity index (χ3v) is 17.9. The number of hydrogen-bond donors (Lipinski definition) is 0. The summed E-state index contributed by atoms with van der Waals surface area (Å²) in [7, 11) is 0. The van der Waals surface area contributed by atoms with E-state index < -0.39 is 0 Å². The van der Waals surface area contributed by atoms with Gasteiger partial charge in [-0.2, -0.15) is 0 Å². The van der Waals surface area contributed by atoms with Crippen LogP contribution in [0, 0.1) is 27.7 Å². The number of allylic oxidation sites excluding steroid dienone is 4. The standard InChI is InChI=1S/C98H80N2/c1-73-31-69-97(75(3)71-73)99(91-61-53-83(54-62-91)49-45-79-37-33-77(34-38-79)19-17-29-95(87-21-9-5-10-22-87)88-23-11-6-12-24-88)93-65-57-85(58-66-93)51-47-81-41-43-82(44-42-81)48-52-86-59-67-94(68-60-86)100(98-70-32-74(2)72-76(98)4)92-63-55-84(56-64-92)50-46-80-39-35-78(36-40-80)20-18-30-96(89-25-13-7-14-26-89)90-27-15-8-16-28-90/h5-72H,1-4H3. The lowest BCUT2D eigenvalue weighted by atomic mass is 9.97. The van der Waals surface area contributed by atoms with Crippen molar-refractivity contribution in [3.63, 3.8) is 0 Å². The number of benzene rings is 13. The first-order chi connectivity index (χ1) is 49.2. The van der Waals surface area contributed by atoms with Gasteiger partial charge in [0.2, 0.25) is 0 Å². The van der Waals surface area contributed by atoms with E-state index in [1.807, 2.05) is 0 Å². The zero-order valence-corrected chi connectivity index (χ0v) is 57.2. The van der Waals surface area contributed by atoms with E-state index >= 15 is 0 Å². The first kappa shape index (κ1) is 66.0. The van der Waals surface area contributed by atoms with Crippen molar-refractivity contribution in [3.8, 4) is 0 Å². The smallest absolute Gasteiger partial charge is 0.0490 e. The van der Waals surface area contributed by atoms with Crippen LogP contribution in [0.25, 0.3) is 71.9 Å². The van der Waals surface area contributed by atoms with Gasteiger partial charge in [-0.3, -0.25) is 0 Å². The third kappa shape index (κ3) is 17.3. The Hall–Kier alpha value is -12.6. The number of hydrogen-bond acceptors (Lipinski definition) is 2. The Labute approximate surface area is 591 Å². The quantitative estimate of drug-likeness (QED) is 0.0493. The molecule has 0 aromatic heterocycles. The van der Waals surface area contributed by atoms with Crippen LogP contribution in [0.4, 0.5) is 34.1 Å². The molecule has 0 saturated heterocycles. The molecule has 0 atom stereocenters. The van der Waals surface area contributed by atoms with Crippen LogP contribution in [0.5, 0.6) is 0 Å². The zero-order chi connectivity index (χ0) is 68.2. The molecule has 13 aromatic rings. The van der Waals surface area contributed by atoms with E-state index in [4.69, 9.17) is 0 Å². The maximum Gasteiger partial charge on any atom is 0.0490 e. The minimum Gasteiger partial charge on any atom is -0.310 e. The highest BCUT2D eigenvalue weighted by Gasteiger charge is 2.17. The molecule has 0 heterocycles. The Kier molecular flexibility index (Phi) is 21.4. The summed E-state index contributed by atoms with van der Waals surface area (Å²) in [5.41, 5.74) is 30.2. The molecule has 2 nitrogen and oxygen atoms in total. The van der Waals surface area contributed by atoms with Crippen molar-refractivity contribution in [1.29, 1.82) is 0 Å². The van der Waals surface area contributed by atoms with Crippen molar-refractivity contribution in [2.75, 3.05) is 9.80 Å². The van der Waals surface area contributed by atoms with Crippen molar-refractivity contribution < 1.29 is 0 Å². The predicted molar refractivity (Wildman–Crippen MR) is 434 cm³/mol. The van der Waals surface area contributed by atoms with Crippen LogP contribution in [0.3, 0.4) is 0 Å². The summed E-state index contributed by atoms with van der Waals surface area (Å²) in [5.74, 6) is 0. The first-order valence-electron chi connectivity index (χ1n) is 34.3. The molecule has 0 N–H and O–H groups in total. The summed E-state index contributed by atoms with van der Waals surface area (Å²) >= 11 is 0. The highest BCUT2D eigenvalue weighted by Crippen LogP contribution is 2.40. The Balaban J connectivity index is 0.631. The van der Waals surface area contributed by atoms with E-state index in [1.54, 1.807) is 0 Å². The molecule has 0 amide bonds. The molecular formula is C98H80N2. The molecule has 0 unspecified atom stereocenters. The van der Waals surface area contributed by atoms with Gasteiger partial charge < -0.3 is 9.80 Å². The van der Waals surface area contributed by atoms with E-state index in [2.05, 4.69) is 450 Å². The molecular weight excluding hydrogens is 1210 g/mol. The molecule has 0 aliphatic carbocycles. The fourth-order valence-corrected chi connectivity index (χ4v) is 12.5. The van der Waals surface area contributed by atoms with Crippen LogP contribution in [0.1, 0.15) is 100 Å². The largest absolute Gasteiger partial charge is 0.310 e. The van der Waals surface area contributed by atoms with Crippen LogP contribution < -0.4 is 9.80 Å². The molecule has 0 radical (unpaired) electrons. The summed E-state index contributed by atoms with van der Waals surface area (Å²) < 4.78 is 0. The van der Waals surface area contributed by atoms with E-state index in [-0.39, 0.29) is 0 Å². The molecule has 0 aliphatic rings. The molecule has 0 spiro atoms. The van der Waals surface area contributed by atoms with Gasteiger partial charge in [0.15, 0.2) is 0 Å². The molecule has 0 saturated carbocycles. The molecule has 13 aromatic carbocycles. The lowest BCUT2D eigenvalue weighted by Crippen LogP contribution is -2.11. The lowest BCUT2D eigenvalue weighted by Gasteiger charge is -2.27. The zero-order valence-electron chi connectivity index (χ0n) is 57.2. The van der Waals surface area contributed by atoms with Crippen molar-refractivity contribution in [2.24, 2.45) is 0 Å². The minimum atomic E-state index is 1.10. The van der Waals surface area contributed by atoms with Crippen molar-refractivity contribution in [1.82, 2.24) is 0 Å². The monoisotopic (exact) mass is 1280 g/mol. The van der Waals surface area contributed by atoms with E-state index in [9.17, 15) is 0 Å². The SMILES string of the molecule is Cc1ccc(N(c2ccc(C=Cc3ccc(C=CC=C(c4ccccc4)c4ccccc4)cc3)cc2)c2ccc(C=Cc3ccc(C=Cc4ccc(N(c5ccc(C=Cc6ccc(C=CC=C(c7ccccc7)c7ccccc7)cc6)cc5)c5ccc(C)cc5C)cc4)cc3)cc2)c(C)c1. The van der Waals surface area contributed by atoms with Gasteiger partial charge >= 0.3 is 0 Å². The van der Waals surface area contributed by atoms with E-state index in [1.165, 1.54) is 55.7 Å². The van der Waals surface area contributed by atoms with E-state index in [0.717, 1.165) is 89.8 Å². The van der Waals surface area contributed by atoms with Crippen LogP contribution in [0.2, 0.25) is 0 Å². The Bertz CT molecular complexity index is 4680. The average molecular weight is 1290 g/mol. The van der Waals surface area contributed by atoms with Gasteiger partial charge in [0, 0.05) is 34.1 Å². The third-order valence-electron chi connectivity index (χ3n) is 17.9. The summed E-state index contributed by atoms with van der Waals surface area (Å²) in [6.45, 7) is 8.70. The van der Waals surface area contributed by atoms with Crippen molar-refractivity contribution in [3.05, 3.63) is 452 Å². The summed E-state index contributed by atoms with van der Waals surface area (Å²) in [5, 5.41) is 0. The van der Waals surface area contributed by atoms with Crippen LogP contribution in [-0.4, -0.2) is 0 Å². The lowest BCUT2D eigenvalue weighted by molar-refractivity contribution is 1.24. The molecule has 2 heteroatoms. The fraction of sp³-hybridized carbons (Fsp3) is 0.0408. The number of anilines is 6. The number of rotatable bonds is 22. The Morgan fingerprint density at radius 3 is 0.620 bits per heavy atom. The van der Waals surface area contributed by atoms with Gasteiger partial charge in [-0.05, 0) is 189 Å².